The highest BCUT2D eigenvalue weighted by atomic mass is 19.1. The van der Waals surface area contributed by atoms with Crippen LogP contribution in [0.5, 0.6) is 0 Å². The molecule has 0 bridgehead atoms. The molecule has 1 heterocycles. The average Bonchev–Trinajstić information content (AvgIpc) is 3.24. The molecule has 3 N–H and O–H groups in total. The molecular weight excluding hydrogens is 487 g/mol. The number of amidine groups is 1. The molecule has 8 nitrogen and oxygen atoms in total. The van der Waals surface area contributed by atoms with Crippen molar-refractivity contribution in [2.75, 3.05) is 5.32 Å². The Kier molecular flexibility index (Phi) is 7.96. The highest BCUT2D eigenvalue weighted by Gasteiger charge is 2.21. The summed E-state index contributed by atoms with van der Waals surface area (Å²) in [5.41, 5.74) is 10.5. The molecule has 0 saturated heterocycles. The van der Waals surface area contributed by atoms with Gasteiger partial charge in [-0.3, -0.25) is 10.1 Å². The van der Waals surface area contributed by atoms with Crippen LogP contribution in [0.3, 0.4) is 0 Å². The Labute approximate surface area is 219 Å². The summed E-state index contributed by atoms with van der Waals surface area (Å²) in [6.45, 7) is 4.66. The Morgan fingerprint density at radius 3 is 2.26 bits per heavy atom. The number of ether oxygens (including phenoxy) is 1. The van der Waals surface area contributed by atoms with E-state index in [4.69, 9.17) is 15.0 Å². The fraction of sp³-hybridized carbons (Fsp3) is 0.172. The SMILES string of the molecule is CC(=O)N=C(N)Cc1ccc(-c2ccc(-c3onc(C)c3NC(=O)OC(C)c3ccccc3F)cc2)cc1. The van der Waals surface area contributed by atoms with Gasteiger partial charge in [0, 0.05) is 24.5 Å². The fourth-order valence-corrected chi connectivity index (χ4v) is 3.95. The van der Waals surface area contributed by atoms with Crippen molar-refractivity contribution in [3.63, 3.8) is 0 Å². The van der Waals surface area contributed by atoms with Crippen molar-refractivity contribution in [1.29, 1.82) is 0 Å². The molecule has 4 rings (SSSR count). The number of nitrogens with zero attached hydrogens (tertiary/aromatic N) is 2. The molecule has 1 atom stereocenters. The molecule has 4 aromatic rings. The minimum absolute atomic E-state index is 0.270. The van der Waals surface area contributed by atoms with E-state index in [1.165, 1.54) is 13.0 Å². The Morgan fingerprint density at radius 2 is 1.63 bits per heavy atom. The maximum Gasteiger partial charge on any atom is 0.412 e. The van der Waals surface area contributed by atoms with E-state index in [0.717, 1.165) is 16.7 Å². The first-order chi connectivity index (χ1) is 18.2. The summed E-state index contributed by atoms with van der Waals surface area (Å²) in [7, 11) is 0. The molecule has 0 radical (unpaired) electrons. The lowest BCUT2D eigenvalue weighted by molar-refractivity contribution is -0.115. The molecule has 2 amide bonds. The summed E-state index contributed by atoms with van der Waals surface area (Å²) < 4.78 is 24.9. The van der Waals surface area contributed by atoms with E-state index in [1.807, 2.05) is 48.5 Å². The number of hydrogen-bond acceptors (Lipinski definition) is 5. The van der Waals surface area contributed by atoms with E-state index in [1.54, 1.807) is 32.0 Å². The number of benzene rings is 3. The Bertz CT molecular complexity index is 1480. The lowest BCUT2D eigenvalue weighted by Crippen LogP contribution is -2.17. The van der Waals surface area contributed by atoms with Gasteiger partial charge in [0.2, 0.25) is 5.91 Å². The van der Waals surface area contributed by atoms with E-state index < -0.39 is 18.0 Å². The van der Waals surface area contributed by atoms with Gasteiger partial charge in [0.1, 0.15) is 29.1 Å². The number of amides is 2. The number of nitrogens with two attached hydrogens (primary N) is 1. The second-order valence-electron chi connectivity index (χ2n) is 8.74. The van der Waals surface area contributed by atoms with Crippen LogP contribution in [0.15, 0.2) is 82.3 Å². The van der Waals surface area contributed by atoms with Crippen LogP contribution in [0, 0.1) is 12.7 Å². The Balaban J connectivity index is 1.46. The zero-order valence-corrected chi connectivity index (χ0v) is 21.2. The Hall–Kier alpha value is -4.79. The predicted molar refractivity (Wildman–Crippen MR) is 143 cm³/mol. The average molecular weight is 515 g/mol. The number of anilines is 1. The molecule has 1 unspecified atom stereocenters. The largest absolute Gasteiger partial charge is 0.441 e. The number of rotatable bonds is 7. The number of carbonyl (C=O) groups is 2. The third kappa shape index (κ3) is 6.31. The second-order valence-corrected chi connectivity index (χ2v) is 8.74. The smallest absolute Gasteiger partial charge is 0.412 e. The quantitative estimate of drug-likeness (QED) is 0.223. The van der Waals surface area contributed by atoms with E-state index in [-0.39, 0.29) is 17.3 Å². The van der Waals surface area contributed by atoms with Crippen LogP contribution in [-0.2, 0) is 16.0 Å². The normalized spacial score (nSPS) is 12.2. The zero-order chi connectivity index (χ0) is 27.2. The van der Waals surface area contributed by atoms with Gasteiger partial charge in [-0.05, 0) is 36.6 Å². The van der Waals surface area contributed by atoms with Crippen molar-refractivity contribution in [3.05, 3.63) is 95.4 Å². The molecular formula is C29H27FN4O4. The first-order valence-corrected chi connectivity index (χ1v) is 11.9. The summed E-state index contributed by atoms with van der Waals surface area (Å²) in [6, 6.07) is 21.5. The Morgan fingerprint density at radius 1 is 1.03 bits per heavy atom. The standard InChI is InChI=1S/C29H27FN4O4/c1-17-27(33-29(36)37-18(2)24-6-4-5-7-25(24)30)28(38-34-17)23-14-12-22(13-15-23)21-10-8-20(9-11-21)16-26(31)32-19(3)35/h4-15,18H,16H2,1-3H3,(H,33,36)(H2,31,32,35). The van der Waals surface area contributed by atoms with Gasteiger partial charge in [0.25, 0.3) is 0 Å². The minimum atomic E-state index is -0.789. The van der Waals surface area contributed by atoms with Crippen LogP contribution < -0.4 is 11.1 Å². The maximum atomic E-state index is 14.0. The predicted octanol–water partition coefficient (Wildman–Crippen LogP) is 6.21. The summed E-state index contributed by atoms with van der Waals surface area (Å²) in [5.74, 6) is -0.129. The number of aliphatic imine (C=N–C) groups is 1. The summed E-state index contributed by atoms with van der Waals surface area (Å²) in [6.07, 6.45) is -1.15. The van der Waals surface area contributed by atoms with Crippen molar-refractivity contribution < 1.29 is 23.2 Å². The summed E-state index contributed by atoms with van der Waals surface area (Å²) in [4.78, 5) is 27.4. The van der Waals surface area contributed by atoms with Gasteiger partial charge in [-0.2, -0.15) is 0 Å². The number of halogens is 1. The molecule has 0 aliphatic carbocycles. The third-order valence-electron chi connectivity index (χ3n) is 5.84. The van der Waals surface area contributed by atoms with E-state index >= 15 is 0 Å². The molecule has 3 aromatic carbocycles. The molecule has 0 saturated carbocycles. The number of aryl methyl sites for hydroxylation is 1. The number of nitrogens with one attached hydrogen (secondary N) is 1. The van der Waals surface area contributed by atoms with Crippen molar-refractivity contribution >= 4 is 23.5 Å². The highest BCUT2D eigenvalue weighted by Crippen LogP contribution is 2.33. The van der Waals surface area contributed by atoms with Gasteiger partial charge in [0.05, 0.1) is 0 Å². The topological polar surface area (TPSA) is 120 Å². The van der Waals surface area contributed by atoms with E-state index in [0.29, 0.717) is 29.1 Å². The van der Waals surface area contributed by atoms with Crippen molar-refractivity contribution in [2.24, 2.45) is 10.7 Å². The summed E-state index contributed by atoms with van der Waals surface area (Å²) >= 11 is 0. The van der Waals surface area contributed by atoms with Crippen LogP contribution in [0.4, 0.5) is 14.9 Å². The minimum Gasteiger partial charge on any atom is -0.441 e. The number of aromatic nitrogens is 1. The van der Waals surface area contributed by atoms with Gasteiger partial charge in [0.15, 0.2) is 5.76 Å². The van der Waals surface area contributed by atoms with Crippen molar-refractivity contribution in [3.8, 4) is 22.5 Å². The second kappa shape index (κ2) is 11.5. The van der Waals surface area contributed by atoms with Gasteiger partial charge in [-0.25, -0.2) is 14.2 Å². The number of carbonyl (C=O) groups excluding carboxylic acids is 2. The van der Waals surface area contributed by atoms with Crippen LogP contribution in [0.1, 0.15) is 36.8 Å². The van der Waals surface area contributed by atoms with E-state index in [9.17, 15) is 14.0 Å². The number of hydrogen-bond donors (Lipinski definition) is 2. The molecule has 9 heteroatoms. The highest BCUT2D eigenvalue weighted by molar-refractivity contribution is 5.93. The first-order valence-electron chi connectivity index (χ1n) is 11.9. The molecule has 194 valence electrons. The lowest BCUT2D eigenvalue weighted by atomic mass is 10.0. The molecule has 0 aliphatic heterocycles. The first kappa shape index (κ1) is 26.3. The summed E-state index contributed by atoms with van der Waals surface area (Å²) in [5, 5.41) is 6.66. The van der Waals surface area contributed by atoms with Crippen LogP contribution >= 0.6 is 0 Å². The maximum absolute atomic E-state index is 14.0. The van der Waals surface area contributed by atoms with Crippen molar-refractivity contribution in [2.45, 2.75) is 33.3 Å². The van der Waals surface area contributed by atoms with Crippen LogP contribution in [0.25, 0.3) is 22.5 Å². The van der Waals surface area contributed by atoms with Crippen LogP contribution in [-0.4, -0.2) is 23.0 Å². The molecule has 0 aliphatic rings. The third-order valence-corrected chi connectivity index (χ3v) is 5.84. The van der Waals surface area contributed by atoms with Gasteiger partial charge in [-0.1, -0.05) is 71.9 Å². The molecule has 1 aromatic heterocycles. The van der Waals surface area contributed by atoms with Gasteiger partial charge in [-0.15, -0.1) is 0 Å². The zero-order valence-electron chi connectivity index (χ0n) is 21.2. The molecule has 38 heavy (non-hydrogen) atoms. The van der Waals surface area contributed by atoms with Crippen molar-refractivity contribution in [1.82, 2.24) is 5.16 Å². The van der Waals surface area contributed by atoms with E-state index in [2.05, 4.69) is 15.5 Å². The fourth-order valence-electron chi connectivity index (χ4n) is 3.95. The lowest BCUT2D eigenvalue weighted by Gasteiger charge is -2.15. The van der Waals surface area contributed by atoms with Gasteiger partial charge >= 0.3 is 6.09 Å². The monoisotopic (exact) mass is 514 g/mol. The molecule has 0 fully saturated rings. The molecule has 0 spiro atoms. The van der Waals surface area contributed by atoms with Gasteiger partial charge < -0.3 is 15.0 Å². The van der Waals surface area contributed by atoms with Crippen LogP contribution in [0.2, 0.25) is 0 Å².